The third kappa shape index (κ3) is 2.68. The maximum Gasteiger partial charge on any atom is 0.254 e. The van der Waals surface area contributed by atoms with Gasteiger partial charge in [0.05, 0.1) is 10.5 Å². The van der Waals surface area contributed by atoms with E-state index in [-0.39, 0.29) is 16.5 Å². The summed E-state index contributed by atoms with van der Waals surface area (Å²) in [5.41, 5.74) is -0.172. The second-order valence-corrected chi connectivity index (χ2v) is 5.85. The minimum atomic E-state index is -3.96. The summed E-state index contributed by atoms with van der Waals surface area (Å²) < 4.78 is 35.6. The number of hydrogen-bond acceptors (Lipinski definition) is 3. The van der Waals surface area contributed by atoms with E-state index >= 15 is 0 Å². The van der Waals surface area contributed by atoms with Crippen molar-refractivity contribution in [2.75, 3.05) is 0 Å². The molecule has 0 aromatic heterocycles. The first-order chi connectivity index (χ1) is 8.38. The van der Waals surface area contributed by atoms with Crippen LogP contribution in [0.2, 0.25) is 0 Å². The number of nitrogens with one attached hydrogen (secondary N) is 1. The van der Waals surface area contributed by atoms with Crippen LogP contribution in [0.4, 0.5) is 4.39 Å². The highest BCUT2D eigenvalue weighted by atomic mass is 32.2. The molecule has 0 atom stereocenters. The molecule has 1 aliphatic carbocycles. The van der Waals surface area contributed by atoms with Gasteiger partial charge in [0.2, 0.25) is 10.0 Å². The van der Waals surface area contributed by atoms with E-state index in [1.807, 2.05) is 0 Å². The smallest absolute Gasteiger partial charge is 0.254 e. The molecule has 1 saturated carbocycles. The Morgan fingerprint density at radius 3 is 2.50 bits per heavy atom. The summed E-state index contributed by atoms with van der Waals surface area (Å²) in [5.74, 6) is -1.42. The highest BCUT2D eigenvalue weighted by Crippen LogP contribution is 2.19. The Bertz CT molecular complexity index is 582. The maximum atomic E-state index is 13.6. The molecule has 1 aliphatic rings. The molecule has 5 nitrogen and oxygen atoms in total. The number of sulfonamides is 1. The molecule has 0 aliphatic heterocycles. The summed E-state index contributed by atoms with van der Waals surface area (Å²) in [6, 6.07) is 3.09. The molecule has 2 rings (SSSR count). The molecule has 1 fully saturated rings. The Morgan fingerprint density at radius 1 is 1.39 bits per heavy atom. The second-order valence-electron chi connectivity index (χ2n) is 4.29. The van der Waals surface area contributed by atoms with E-state index in [1.165, 1.54) is 0 Å². The molecule has 3 N–H and O–H groups in total. The van der Waals surface area contributed by atoms with Gasteiger partial charge in [0.1, 0.15) is 5.82 Å². The number of halogens is 1. The van der Waals surface area contributed by atoms with Crippen molar-refractivity contribution in [1.29, 1.82) is 0 Å². The molecular weight excluding hydrogens is 259 g/mol. The lowest BCUT2D eigenvalue weighted by molar-refractivity contribution is 0.0912. The number of carbonyl (C=O) groups excluding carboxylic acids is 1. The molecule has 0 heterocycles. The lowest BCUT2D eigenvalue weighted by atomic mass is 9.93. The Balaban J connectivity index is 2.21. The van der Waals surface area contributed by atoms with Crippen LogP contribution in [0.15, 0.2) is 23.1 Å². The third-order valence-electron chi connectivity index (χ3n) is 2.95. The fraction of sp³-hybridized carbons (Fsp3) is 0.364. The van der Waals surface area contributed by atoms with Gasteiger partial charge >= 0.3 is 0 Å². The fourth-order valence-corrected chi connectivity index (χ4v) is 2.20. The van der Waals surface area contributed by atoms with Gasteiger partial charge in [0, 0.05) is 6.04 Å². The molecule has 0 unspecified atom stereocenters. The predicted octanol–water partition coefficient (Wildman–Crippen LogP) is 0.755. The Labute approximate surface area is 104 Å². The quantitative estimate of drug-likeness (QED) is 0.851. The molecular formula is C11H13FN2O3S. The van der Waals surface area contributed by atoms with Gasteiger partial charge in [-0.15, -0.1) is 0 Å². The molecule has 7 heteroatoms. The standard InChI is InChI=1S/C11H13FN2O3S/c12-10-6-8(18(13,16)17)4-5-9(10)11(15)14-7-2-1-3-7/h4-7H,1-3H2,(H,14,15)(H2,13,16,17). The van der Waals surface area contributed by atoms with Gasteiger partial charge in [-0.2, -0.15) is 0 Å². The molecule has 0 radical (unpaired) electrons. The normalized spacial score (nSPS) is 16.1. The molecule has 0 saturated heterocycles. The summed E-state index contributed by atoms with van der Waals surface area (Å²) in [4.78, 5) is 11.4. The van der Waals surface area contributed by atoms with E-state index in [0.717, 1.165) is 37.5 Å². The first-order valence-corrected chi connectivity index (χ1v) is 7.06. The van der Waals surface area contributed by atoms with Crippen LogP contribution in [0.1, 0.15) is 29.6 Å². The predicted molar refractivity (Wildman–Crippen MR) is 62.9 cm³/mol. The van der Waals surface area contributed by atoms with Crippen molar-refractivity contribution in [3.63, 3.8) is 0 Å². The largest absolute Gasteiger partial charge is 0.349 e. The second kappa shape index (κ2) is 4.66. The number of nitrogens with two attached hydrogens (primary N) is 1. The summed E-state index contributed by atoms with van der Waals surface area (Å²) in [6.07, 6.45) is 2.84. The van der Waals surface area contributed by atoms with Crippen LogP contribution in [0.3, 0.4) is 0 Å². The van der Waals surface area contributed by atoms with Crippen molar-refractivity contribution in [3.8, 4) is 0 Å². The zero-order valence-electron chi connectivity index (χ0n) is 9.52. The van der Waals surface area contributed by atoms with Gasteiger partial charge in [0.15, 0.2) is 0 Å². The van der Waals surface area contributed by atoms with E-state index in [0.29, 0.717) is 0 Å². The van der Waals surface area contributed by atoms with Gasteiger partial charge in [-0.05, 0) is 37.5 Å². The van der Waals surface area contributed by atoms with Gasteiger partial charge < -0.3 is 5.32 Å². The van der Waals surface area contributed by atoms with Crippen molar-refractivity contribution in [1.82, 2.24) is 5.32 Å². The van der Waals surface area contributed by atoms with Crippen molar-refractivity contribution >= 4 is 15.9 Å². The third-order valence-corrected chi connectivity index (χ3v) is 3.87. The summed E-state index contributed by atoms with van der Waals surface area (Å²) in [7, 11) is -3.96. The number of rotatable bonds is 3. The first-order valence-electron chi connectivity index (χ1n) is 5.51. The minimum absolute atomic E-state index is 0.0924. The summed E-state index contributed by atoms with van der Waals surface area (Å²) in [6.45, 7) is 0. The lowest BCUT2D eigenvalue weighted by Crippen LogP contribution is -2.39. The molecule has 1 aromatic carbocycles. The van der Waals surface area contributed by atoms with Crippen LogP contribution in [-0.4, -0.2) is 20.4 Å². The Morgan fingerprint density at radius 2 is 2.06 bits per heavy atom. The zero-order valence-corrected chi connectivity index (χ0v) is 10.3. The average molecular weight is 272 g/mol. The molecule has 1 aromatic rings. The average Bonchev–Trinajstić information content (AvgIpc) is 2.21. The van der Waals surface area contributed by atoms with E-state index in [2.05, 4.69) is 5.32 Å². The van der Waals surface area contributed by atoms with Crippen LogP contribution in [0, 0.1) is 5.82 Å². The Kier molecular flexibility index (Phi) is 3.36. The number of benzene rings is 1. The minimum Gasteiger partial charge on any atom is -0.349 e. The highest BCUT2D eigenvalue weighted by molar-refractivity contribution is 7.89. The van der Waals surface area contributed by atoms with Crippen LogP contribution >= 0.6 is 0 Å². The van der Waals surface area contributed by atoms with Crippen molar-refractivity contribution < 1.29 is 17.6 Å². The van der Waals surface area contributed by atoms with Crippen molar-refractivity contribution in [2.45, 2.75) is 30.2 Å². The van der Waals surface area contributed by atoms with E-state index in [4.69, 9.17) is 5.14 Å². The van der Waals surface area contributed by atoms with Gasteiger partial charge in [0.25, 0.3) is 5.91 Å². The van der Waals surface area contributed by atoms with Crippen LogP contribution < -0.4 is 10.5 Å². The van der Waals surface area contributed by atoms with E-state index in [1.54, 1.807) is 0 Å². The summed E-state index contributed by atoms with van der Waals surface area (Å²) >= 11 is 0. The number of hydrogen-bond donors (Lipinski definition) is 2. The molecule has 98 valence electrons. The zero-order chi connectivity index (χ0) is 13.3. The summed E-state index contributed by atoms with van der Waals surface area (Å²) in [5, 5.41) is 7.54. The van der Waals surface area contributed by atoms with Crippen LogP contribution in [0.25, 0.3) is 0 Å². The maximum absolute atomic E-state index is 13.6. The molecule has 18 heavy (non-hydrogen) atoms. The molecule has 0 spiro atoms. The van der Waals surface area contributed by atoms with Crippen molar-refractivity contribution in [2.24, 2.45) is 5.14 Å². The first kappa shape index (κ1) is 13.0. The number of carbonyl (C=O) groups is 1. The van der Waals surface area contributed by atoms with Crippen LogP contribution in [-0.2, 0) is 10.0 Å². The van der Waals surface area contributed by atoms with E-state index < -0.39 is 21.7 Å². The van der Waals surface area contributed by atoms with Crippen molar-refractivity contribution in [3.05, 3.63) is 29.6 Å². The number of amides is 1. The van der Waals surface area contributed by atoms with Gasteiger partial charge in [-0.3, -0.25) is 4.79 Å². The number of primary sulfonamides is 1. The topological polar surface area (TPSA) is 89.3 Å². The van der Waals surface area contributed by atoms with Gasteiger partial charge in [-0.1, -0.05) is 0 Å². The Hall–Kier alpha value is -1.47. The molecule has 1 amide bonds. The monoisotopic (exact) mass is 272 g/mol. The van der Waals surface area contributed by atoms with Gasteiger partial charge in [-0.25, -0.2) is 17.9 Å². The SMILES string of the molecule is NS(=O)(=O)c1ccc(C(=O)NC2CCC2)c(F)c1. The van der Waals surface area contributed by atoms with E-state index in [9.17, 15) is 17.6 Å². The molecule has 0 bridgehead atoms. The fourth-order valence-electron chi connectivity index (χ4n) is 1.67. The lowest BCUT2D eigenvalue weighted by Gasteiger charge is -2.26. The highest BCUT2D eigenvalue weighted by Gasteiger charge is 2.22. The van der Waals surface area contributed by atoms with Crippen LogP contribution in [0.5, 0.6) is 0 Å².